The second kappa shape index (κ2) is 15.3. The van der Waals surface area contributed by atoms with E-state index in [1.54, 1.807) is 12.3 Å². The molecule has 2 aliphatic rings. The van der Waals surface area contributed by atoms with E-state index in [2.05, 4.69) is 44.2 Å². The topological polar surface area (TPSA) is 90.5 Å². The SMILES string of the molecule is C.CCCCN1CC(Nc2cc(F)c(C=O)cn2)C1.CCCCN1CC(Nc2ccc(C=O)cn2)C1. The van der Waals surface area contributed by atoms with E-state index in [-0.39, 0.29) is 13.0 Å². The third kappa shape index (κ3) is 8.95. The zero-order valence-corrected chi connectivity index (χ0v) is 20.8. The van der Waals surface area contributed by atoms with Gasteiger partial charge in [0.25, 0.3) is 0 Å². The van der Waals surface area contributed by atoms with E-state index < -0.39 is 5.82 Å². The predicted octanol–water partition coefficient (Wildman–Crippen LogP) is 4.36. The molecular formula is C27H41FN6O2. The number of hydrogen-bond donors (Lipinski definition) is 2. The number of anilines is 2. The first-order valence-corrected chi connectivity index (χ1v) is 12.5. The Morgan fingerprint density at radius 2 is 1.44 bits per heavy atom. The minimum absolute atomic E-state index is 0. The van der Waals surface area contributed by atoms with Crippen LogP contribution < -0.4 is 10.6 Å². The van der Waals surface area contributed by atoms with Crippen molar-refractivity contribution < 1.29 is 14.0 Å². The zero-order valence-electron chi connectivity index (χ0n) is 20.8. The van der Waals surface area contributed by atoms with Crippen molar-refractivity contribution in [2.24, 2.45) is 0 Å². The Labute approximate surface area is 214 Å². The summed E-state index contributed by atoms with van der Waals surface area (Å²) < 4.78 is 13.3. The van der Waals surface area contributed by atoms with Crippen molar-refractivity contribution >= 4 is 24.2 Å². The summed E-state index contributed by atoms with van der Waals surface area (Å²) >= 11 is 0. The number of nitrogens with one attached hydrogen (secondary N) is 2. The van der Waals surface area contributed by atoms with Gasteiger partial charge in [-0.2, -0.15) is 0 Å². The summed E-state index contributed by atoms with van der Waals surface area (Å²) in [6.45, 7) is 10.9. The molecule has 8 nitrogen and oxygen atoms in total. The maximum absolute atomic E-state index is 13.3. The van der Waals surface area contributed by atoms with Gasteiger partial charge in [-0.3, -0.25) is 19.4 Å². The van der Waals surface area contributed by atoms with Crippen LogP contribution in [0.15, 0.2) is 30.6 Å². The summed E-state index contributed by atoms with van der Waals surface area (Å²) in [4.78, 5) is 34.0. The highest BCUT2D eigenvalue weighted by Crippen LogP contribution is 2.16. The van der Waals surface area contributed by atoms with E-state index in [0.29, 0.717) is 29.8 Å². The molecule has 0 saturated carbocycles. The van der Waals surface area contributed by atoms with Gasteiger partial charge < -0.3 is 10.6 Å². The van der Waals surface area contributed by atoms with Crippen molar-refractivity contribution in [3.05, 3.63) is 47.5 Å². The Bertz CT molecular complexity index is 930. The molecule has 0 aromatic carbocycles. The van der Waals surface area contributed by atoms with Crippen LogP contribution in [0.5, 0.6) is 0 Å². The van der Waals surface area contributed by atoms with Gasteiger partial charge in [-0.25, -0.2) is 14.4 Å². The Kier molecular flexibility index (Phi) is 12.4. The second-order valence-electron chi connectivity index (χ2n) is 9.21. The van der Waals surface area contributed by atoms with Crippen molar-refractivity contribution in [2.45, 2.75) is 59.0 Å². The highest BCUT2D eigenvalue weighted by Gasteiger charge is 2.26. The van der Waals surface area contributed by atoms with Crippen molar-refractivity contribution in [1.82, 2.24) is 19.8 Å². The minimum atomic E-state index is -0.523. The molecule has 0 unspecified atom stereocenters. The number of halogens is 1. The van der Waals surface area contributed by atoms with Gasteiger partial charge >= 0.3 is 0 Å². The summed E-state index contributed by atoms with van der Waals surface area (Å²) in [7, 11) is 0. The van der Waals surface area contributed by atoms with Crippen LogP contribution in [0.25, 0.3) is 0 Å². The first kappa shape index (κ1) is 29.3. The predicted molar refractivity (Wildman–Crippen MR) is 143 cm³/mol. The Balaban J connectivity index is 0.000000247. The lowest BCUT2D eigenvalue weighted by molar-refractivity contribution is 0.111. The van der Waals surface area contributed by atoms with Crippen molar-refractivity contribution in [3.63, 3.8) is 0 Å². The Morgan fingerprint density at radius 1 is 0.889 bits per heavy atom. The molecule has 4 heterocycles. The number of hydrogen-bond acceptors (Lipinski definition) is 8. The number of aldehydes is 2. The fraction of sp³-hybridized carbons (Fsp3) is 0.556. The third-order valence-electron chi connectivity index (χ3n) is 6.21. The van der Waals surface area contributed by atoms with Crippen molar-refractivity contribution in [2.75, 3.05) is 49.9 Å². The Hall–Kier alpha value is -2.91. The highest BCUT2D eigenvalue weighted by molar-refractivity contribution is 5.75. The molecule has 2 saturated heterocycles. The molecule has 2 aromatic rings. The minimum Gasteiger partial charge on any atom is -0.365 e. The summed E-state index contributed by atoms with van der Waals surface area (Å²) in [5.41, 5.74) is 0.618. The van der Waals surface area contributed by atoms with Gasteiger partial charge in [0.15, 0.2) is 12.6 Å². The van der Waals surface area contributed by atoms with Crippen molar-refractivity contribution in [3.8, 4) is 0 Å². The molecule has 0 spiro atoms. The van der Waals surface area contributed by atoms with E-state index in [0.717, 1.165) is 44.8 Å². The van der Waals surface area contributed by atoms with Gasteiger partial charge in [-0.15, -0.1) is 0 Å². The number of unbranched alkanes of at least 4 members (excludes halogenated alkanes) is 2. The molecule has 0 radical (unpaired) electrons. The maximum Gasteiger partial charge on any atom is 0.154 e. The van der Waals surface area contributed by atoms with Crippen LogP contribution in [0.4, 0.5) is 16.0 Å². The summed E-state index contributed by atoms with van der Waals surface area (Å²) in [6.07, 6.45) is 9.10. The second-order valence-corrected chi connectivity index (χ2v) is 9.21. The molecule has 2 aliphatic heterocycles. The summed E-state index contributed by atoms with van der Waals surface area (Å²) in [5.74, 6) is 0.832. The molecule has 2 N–H and O–H groups in total. The molecule has 2 fully saturated rings. The molecule has 0 atom stereocenters. The monoisotopic (exact) mass is 500 g/mol. The van der Waals surface area contributed by atoms with Crippen LogP contribution in [0.1, 0.15) is 67.7 Å². The maximum atomic E-state index is 13.3. The number of carbonyl (C=O) groups is 2. The van der Waals surface area contributed by atoms with Gasteiger partial charge in [-0.1, -0.05) is 34.1 Å². The van der Waals surface area contributed by atoms with Crippen LogP contribution in [0.2, 0.25) is 0 Å². The van der Waals surface area contributed by atoms with E-state index >= 15 is 0 Å². The third-order valence-corrected chi connectivity index (χ3v) is 6.21. The van der Waals surface area contributed by atoms with E-state index in [9.17, 15) is 14.0 Å². The average Bonchev–Trinajstić information content (AvgIpc) is 2.82. The van der Waals surface area contributed by atoms with Crippen LogP contribution >= 0.6 is 0 Å². The smallest absolute Gasteiger partial charge is 0.154 e. The number of likely N-dealkylation sites (tertiary alicyclic amines) is 2. The van der Waals surface area contributed by atoms with Gasteiger partial charge in [0.05, 0.1) is 17.6 Å². The summed E-state index contributed by atoms with van der Waals surface area (Å²) in [6, 6.07) is 5.75. The molecular weight excluding hydrogens is 459 g/mol. The lowest BCUT2D eigenvalue weighted by Crippen LogP contribution is -2.54. The standard InChI is InChI=1S/C13H18FN3O.C13H19N3O.CH4/c1-2-3-4-17-7-11(8-17)16-13-5-12(14)10(9-18)6-15-13;1-2-3-6-16-8-12(9-16)15-13-5-4-11(10-17)7-14-13;/h5-6,9,11H,2-4,7-8H2,1H3,(H,15,16);4-5,7,10,12H,2-3,6,8-9H2,1H3,(H,14,15);1H4. The molecule has 0 aliphatic carbocycles. The van der Waals surface area contributed by atoms with Gasteiger partial charge in [0.2, 0.25) is 0 Å². The number of carbonyl (C=O) groups excluding carboxylic acids is 2. The number of rotatable bonds is 12. The van der Waals surface area contributed by atoms with E-state index in [1.165, 1.54) is 44.5 Å². The first-order chi connectivity index (χ1) is 17.0. The van der Waals surface area contributed by atoms with E-state index in [4.69, 9.17) is 0 Å². The molecule has 0 amide bonds. The molecule has 9 heteroatoms. The summed E-state index contributed by atoms with van der Waals surface area (Å²) in [5, 5.41) is 6.54. The number of pyridine rings is 2. The highest BCUT2D eigenvalue weighted by atomic mass is 19.1. The van der Waals surface area contributed by atoms with Crippen LogP contribution in [-0.2, 0) is 0 Å². The fourth-order valence-corrected chi connectivity index (χ4v) is 4.04. The number of nitrogens with zero attached hydrogens (tertiary/aromatic N) is 4. The van der Waals surface area contributed by atoms with Crippen LogP contribution in [0.3, 0.4) is 0 Å². The lowest BCUT2D eigenvalue weighted by Gasteiger charge is -2.39. The molecule has 2 aromatic heterocycles. The van der Waals surface area contributed by atoms with Gasteiger partial charge in [0, 0.05) is 50.2 Å². The van der Waals surface area contributed by atoms with E-state index in [1.807, 2.05) is 6.07 Å². The lowest BCUT2D eigenvalue weighted by atomic mass is 10.1. The fourth-order valence-electron chi connectivity index (χ4n) is 4.04. The number of aromatic nitrogens is 2. The molecule has 198 valence electrons. The molecule has 4 rings (SSSR count). The zero-order chi connectivity index (χ0) is 25.0. The first-order valence-electron chi connectivity index (χ1n) is 12.5. The van der Waals surface area contributed by atoms with Crippen LogP contribution in [0, 0.1) is 5.82 Å². The van der Waals surface area contributed by atoms with Gasteiger partial charge in [0.1, 0.15) is 17.5 Å². The Morgan fingerprint density at radius 3 is 1.89 bits per heavy atom. The molecule has 0 bridgehead atoms. The van der Waals surface area contributed by atoms with Crippen LogP contribution in [-0.4, -0.2) is 83.7 Å². The quantitative estimate of drug-likeness (QED) is 0.416. The average molecular weight is 501 g/mol. The van der Waals surface area contributed by atoms with Crippen molar-refractivity contribution in [1.29, 1.82) is 0 Å². The molecule has 36 heavy (non-hydrogen) atoms. The van der Waals surface area contributed by atoms with Gasteiger partial charge in [-0.05, 0) is 38.1 Å². The largest absolute Gasteiger partial charge is 0.365 e. The normalized spacial score (nSPS) is 16.0.